The lowest BCUT2D eigenvalue weighted by Crippen LogP contribution is -3.14. The molecule has 0 aliphatic rings. The Kier molecular flexibility index (Phi) is 7.10. The molecule has 3 N–H and O–H groups in total. The first-order valence-corrected chi connectivity index (χ1v) is 8.93. The normalized spacial score (nSPS) is 12.7. The van der Waals surface area contributed by atoms with Crippen LogP contribution in [0, 0.1) is 0 Å². The Labute approximate surface area is 163 Å². The molecule has 2 aromatic rings. The molecule has 142 valence electrons. The number of benzene rings is 2. The van der Waals surface area contributed by atoms with Gasteiger partial charge in [0.15, 0.2) is 18.4 Å². The number of likely N-dealkylation sites (N-methyl/N-ethyl adjacent to an activating group) is 1. The van der Waals surface area contributed by atoms with Gasteiger partial charge in [-0.15, -0.1) is 0 Å². The molecule has 0 saturated carbocycles. The van der Waals surface area contributed by atoms with Gasteiger partial charge in [0.2, 0.25) is 0 Å². The SMILES string of the molecule is CC(=O)c1ccc(NC(=O)[C@@H](C)[NH+](C)CC(=O)Nc2ccc(Cl)cc2)cc1. The van der Waals surface area contributed by atoms with Gasteiger partial charge in [-0.05, 0) is 62.4 Å². The summed E-state index contributed by atoms with van der Waals surface area (Å²) in [5.41, 5.74) is 1.85. The van der Waals surface area contributed by atoms with E-state index in [1.807, 2.05) is 0 Å². The predicted octanol–water partition coefficient (Wildman–Crippen LogP) is 2.02. The highest BCUT2D eigenvalue weighted by Gasteiger charge is 2.24. The van der Waals surface area contributed by atoms with Crippen LogP contribution in [0.15, 0.2) is 48.5 Å². The van der Waals surface area contributed by atoms with Crippen LogP contribution in [0.5, 0.6) is 0 Å². The summed E-state index contributed by atoms with van der Waals surface area (Å²) in [4.78, 5) is 36.6. The van der Waals surface area contributed by atoms with Crippen LogP contribution >= 0.6 is 11.6 Å². The number of nitrogens with one attached hydrogen (secondary N) is 3. The maximum Gasteiger partial charge on any atom is 0.282 e. The smallest absolute Gasteiger partial charge is 0.282 e. The average molecular weight is 389 g/mol. The Morgan fingerprint density at radius 1 is 0.963 bits per heavy atom. The van der Waals surface area contributed by atoms with Crippen LogP contribution < -0.4 is 15.5 Å². The molecular weight excluding hydrogens is 366 g/mol. The molecule has 0 aliphatic carbocycles. The molecule has 0 spiro atoms. The lowest BCUT2D eigenvalue weighted by molar-refractivity contribution is -0.885. The molecule has 2 amide bonds. The summed E-state index contributed by atoms with van der Waals surface area (Å²) in [5, 5.41) is 6.17. The third-order valence-electron chi connectivity index (χ3n) is 4.26. The van der Waals surface area contributed by atoms with Gasteiger partial charge in [-0.2, -0.15) is 0 Å². The number of amides is 2. The quantitative estimate of drug-likeness (QED) is 0.635. The van der Waals surface area contributed by atoms with Gasteiger partial charge in [0.05, 0.1) is 7.05 Å². The zero-order chi connectivity index (χ0) is 20.0. The molecule has 6 nitrogen and oxygen atoms in total. The van der Waals surface area contributed by atoms with Crippen molar-refractivity contribution >= 4 is 40.6 Å². The Hall–Kier alpha value is -2.70. The number of Topliss-reactive ketones (excluding diaryl/α,β-unsaturated/α-hetero) is 1. The van der Waals surface area contributed by atoms with Crippen LogP contribution in [0.3, 0.4) is 0 Å². The highest BCUT2D eigenvalue weighted by atomic mass is 35.5. The molecule has 0 aromatic heterocycles. The van der Waals surface area contributed by atoms with Gasteiger partial charge in [0, 0.05) is 22.0 Å². The van der Waals surface area contributed by atoms with Crippen LogP contribution in [0.1, 0.15) is 24.2 Å². The third kappa shape index (κ3) is 6.20. The van der Waals surface area contributed by atoms with Gasteiger partial charge in [0.1, 0.15) is 0 Å². The van der Waals surface area contributed by atoms with Crippen molar-refractivity contribution in [3.8, 4) is 0 Å². The summed E-state index contributed by atoms with van der Waals surface area (Å²) < 4.78 is 0. The van der Waals surface area contributed by atoms with Gasteiger partial charge in [-0.1, -0.05) is 11.6 Å². The van der Waals surface area contributed by atoms with Crippen molar-refractivity contribution in [2.24, 2.45) is 0 Å². The Balaban J connectivity index is 1.88. The molecule has 0 fully saturated rings. The first kappa shape index (κ1) is 20.6. The average Bonchev–Trinajstić information content (AvgIpc) is 2.63. The van der Waals surface area contributed by atoms with E-state index in [4.69, 9.17) is 11.6 Å². The van der Waals surface area contributed by atoms with E-state index < -0.39 is 6.04 Å². The fourth-order valence-electron chi connectivity index (χ4n) is 2.41. The Bertz CT molecular complexity index is 819. The number of carbonyl (C=O) groups excluding carboxylic acids is 3. The summed E-state index contributed by atoms with van der Waals surface area (Å²) in [6.07, 6.45) is 0. The number of anilines is 2. The molecule has 0 bridgehead atoms. The van der Waals surface area contributed by atoms with Crippen molar-refractivity contribution in [3.05, 3.63) is 59.1 Å². The minimum absolute atomic E-state index is 0.0304. The molecular formula is C20H23ClN3O3+. The maximum atomic E-state index is 12.4. The van der Waals surface area contributed by atoms with Crippen molar-refractivity contribution in [2.45, 2.75) is 19.9 Å². The molecule has 7 heteroatoms. The van der Waals surface area contributed by atoms with Gasteiger partial charge in [-0.25, -0.2) is 0 Å². The highest BCUT2D eigenvalue weighted by molar-refractivity contribution is 6.30. The zero-order valence-corrected chi connectivity index (χ0v) is 16.3. The summed E-state index contributed by atoms with van der Waals surface area (Å²) >= 11 is 5.82. The minimum atomic E-state index is -0.437. The molecule has 27 heavy (non-hydrogen) atoms. The lowest BCUT2D eigenvalue weighted by Gasteiger charge is -2.20. The fourth-order valence-corrected chi connectivity index (χ4v) is 2.53. The van der Waals surface area contributed by atoms with Gasteiger partial charge in [-0.3, -0.25) is 14.4 Å². The number of hydrogen-bond donors (Lipinski definition) is 3. The second-order valence-electron chi connectivity index (χ2n) is 6.42. The van der Waals surface area contributed by atoms with Crippen LogP contribution in [0.2, 0.25) is 5.02 Å². The van der Waals surface area contributed by atoms with E-state index in [1.165, 1.54) is 6.92 Å². The number of ketones is 1. The van der Waals surface area contributed by atoms with Gasteiger partial charge < -0.3 is 15.5 Å². The number of rotatable bonds is 7. The number of halogens is 1. The monoisotopic (exact) mass is 388 g/mol. The fraction of sp³-hybridized carbons (Fsp3) is 0.250. The number of quaternary nitrogens is 1. The maximum absolute atomic E-state index is 12.4. The molecule has 0 heterocycles. The minimum Gasteiger partial charge on any atom is -0.321 e. The van der Waals surface area contributed by atoms with Crippen LogP contribution in [-0.4, -0.2) is 37.2 Å². The third-order valence-corrected chi connectivity index (χ3v) is 4.51. The van der Waals surface area contributed by atoms with Gasteiger partial charge in [0.25, 0.3) is 11.8 Å². The number of carbonyl (C=O) groups is 3. The zero-order valence-electron chi connectivity index (χ0n) is 15.5. The molecule has 2 aromatic carbocycles. The van der Waals surface area contributed by atoms with E-state index in [1.54, 1.807) is 62.5 Å². The molecule has 0 aliphatic heterocycles. The van der Waals surface area contributed by atoms with Crippen LogP contribution in [0.25, 0.3) is 0 Å². The van der Waals surface area contributed by atoms with Crippen molar-refractivity contribution in [1.82, 2.24) is 0 Å². The van der Waals surface area contributed by atoms with E-state index >= 15 is 0 Å². The van der Waals surface area contributed by atoms with E-state index in [9.17, 15) is 14.4 Å². The first-order valence-electron chi connectivity index (χ1n) is 8.56. The van der Waals surface area contributed by atoms with Crippen molar-refractivity contribution < 1.29 is 19.3 Å². The standard InChI is InChI=1S/C20H22ClN3O3/c1-13(20(27)23-18-8-4-15(5-9-18)14(2)25)24(3)12-19(26)22-17-10-6-16(21)7-11-17/h4-11,13H,12H2,1-3H3,(H,22,26)(H,23,27)/p+1/t13-/m1/s1. The summed E-state index contributed by atoms with van der Waals surface area (Å²) in [7, 11) is 1.78. The highest BCUT2D eigenvalue weighted by Crippen LogP contribution is 2.13. The second-order valence-corrected chi connectivity index (χ2v) is 6.86. The Morgan fingerprint density at radius 2 is 1.48 bits per heavy atom. The van der Waals surface area contributed by atoms with Crippen LogP contribution in [0.4, 0.5) is 11.4 Å². The summed E-state index contributed by atoms with van der Waals surface area (Å²) in [6, 6.07) is 13.1. The van der Waals surface area contributed by atoms with Crippen molar-refractivity contribution in [3.63, 3.8) is 0 Å². The largest absolute Gasteiger partial charge is 0.321 e. The Morgan fingerprint density at radius 3 is 2.04 bits per heavy atom. The number of hydrogen-bond acceptors (Lipinski definition) is 3. The summed E-state index contributed by atoms with van der Waals surface area (Å²) in [6.45, 7) is 3.38. The lowest BCUT2D eigenvalue weighted by atomic mass is 10.1. The van der Waals surface area contributed by atoms with Crippen LogP contribution in [-0.2, 0) is 9.59 Å². The molecule has 0 saturated heterocycles. The topological polar surface area (TPSA) is 79.7 Å². The van der Waals surface area contributed by atoms with Crippen molar-refractivity contribution in [1.29, 1.82) is 0 Å². The van der Waals surface area contributed by atoms with E-state index in [2.05, 4.69) is 10.6 Å². The molecule has 0 radical (unpaired) electrons. The molecule has 1 unspecified atom stereocenters. The van der Waals surface area contributed by atoms with E-state index in [0.717, 1.165) is 4.90 Å². The van der Waals surface area contributed by atoms with E-state index in [-0.39, 0.29) is 24.1 Å². The predicted molar refractivity (Wildman–Crippen MR) is 106 cm³/mol. The van der Waals surface area contributed by atoms with Gasteiger partial charge >= 0.3 is 0 Å². The molecule has 2 rings (SSSR count). The van der Waals surface area contributed by atoms with E-state index in [0.29, 0.717) is 22.0 Å². The summed E-state index contributed by atoms with van der Waals surface area (Å²) in [5.74, 6) is -0.431. The second kappa shape index (κ2) is 9.30. The van der Waals surface area contributed by atoms with Crippen molar-refractivity contribution in [2.75, 3.05) is 24.2 Å². The molecule has 2 atom stereocenters. The first-order chi connectivity index (χ1) is 12.8.